The van der Waals surface area contributed by atoms with Crippen LogP contribution in [0, 0.1) is 0 Å². The first-order chi connectivity index (χ1) is 11.5. The van der Waals surface area contributed by atoms with E-state index in [-0.39, 0.29) is 37.7 Å². The highest BCUT2D eigenvalue weighted by Gasteiger charge is 2.47. The zero-order valence-electron chi connectivity index (χ0n) is 14.4. The predicted octanol–water partition coefficient (Wildman–Crippen LogP) is 1.66. The van der Waals surface area contributed by atoms with Gasteiger partial charge in [-0.3, -0.25) is 9.09 Å². The van der Waals surface area contributed by atoms with Gasteiger partial charge in [0.2, 0.25) is 0 Å². The molecule has 7 atom stereocenters. The van der Waals surface area contributed by atoms with Gasteiger partial charge < -0.3 is 23.4 Å². The number of phosphoric ester groups is 1. The Balaban J connectivity index is 1.95. The van der Waals surface area contributed by atoms with Crippen LogP contribution >= 0.6 is 15.7 Å². The van der Waals surface area contributed by atoms with Crippen LogP contribution in [0.25, 0.3) is 0 Å². The van der Waals surface area contributed by atoms with E-state index >= 15 is 0 Å². The predicted molar refractivity (Wildman–Crippen MR) is 84.7 cm³/mol. The zero-order chi connectivity index (χ0) is 18.8. The molecule has 0 saturated carbocycles. The smallest absolute Gasteiger partial charge is 0.468 e. The lowest BCUT2D eigenvalue weighted by Crippen LogP contribution is -2.41. The largest absolute Gasteiger partial charge is 0.756 e. The Labute approximate surface area is 148 Å². The van der Waals surface area contributed by atoms with Crippen molar-refractivity contribution in [2.24, 2.45) is 0 Å². The van der Waals surface area contributed by atoms with Gasteiger partial charge in [0.1, 0.15) is 11.7 Å². The van der Waals surface area contributed by atoms with Crippen LogP contribution in [0.3, 0.4) is 0 Å². The van der Waals surface area contributed by atoms with E-state index < -0.39 is 33.5 Å². The average Bonchev–Trinajstić information content (AvgIpc) is 2.92. The maximum atomic E-state index is 12.2. The van der Waals surface area contributed by atoms with E-state index in [0.29, 0.717) is 6.42 Å². The third kappa shape index (κ3) is 5.98. The third-order valence-corrected chi connectivity index (χ3v) is 5.77. The summed E-state index contributed by atoms with van der Waals surface area (Å²) in [5.74, 6) is -0.310. The zero-order valence-corrected chi connectivity index (χ0v) is 16.2. The molecule has 9 nitrogen and oxygen atoms in total. The summed E-state index contributed by atoms with van der Waals surface area (Å²) in [6, 6.07) is 0. The van der Waals surface area contributed by atoms with Crippen molar-refractivity contribution in [2.45, 2.75) is 69.4 Å². The molecule has 2 saturated heterocycles. The lowest BCUT2D eigenvalue weighted by atomic mass is 9.81. The molecule has 2 fully saturated rings. The van der Waals surface area contributed by atoms with Crippen molar-refractivity contribution >= 4 is 23.6 Å². The van der Waals surface area contributed by atoms with E-state index in [0.717, 1.165) is 0 Å². The second-order valence-corrected chi connectivity index (χ2v) is 8.73. The highest BCUT2D eigenvalue weighted by molar-refractivity contribution is 7.45. The van der Waals surface area contributed by atoms with E-state index in [4.69, 9.17) is 26.4 Å². The minimum absolute atomic E-state index is 0.0623. The van der Waals surface area contributed by atoms with E-state index in [1.165, 1.54) is 6.92 Å². The van der Waals surface area contributed by atoms with Crippen molar-refractivity contribution < 1.29 is 41.6 Å². The summed E-state index contributed by atoms with van der Waals surface area (Å²) in [4.78, 5) is 12.2. The van der Waals surface area contributed by atoms with Crippen molar-refractivity contribution in [3.63, 3.8) is 0 Å². The molecule has 2 aliphatic heterocycles. The van der Waals surface area contributed by atoms with Crippen LogP contribution in [0.15, 0.2) is 0 Å². The molecule has 142 valence electrons. The fourth-order valence-corrected chi connectivity index (χ4v) is 4.56. The lowest BCUT2D eigenvalue weighted by molar-refractivity contribution is -0.240. The first-order valence-corrected chi connectivity index (χ1v) is 10.6. The number of hydrogen-bond donors (Lipinski definition) is 0. The van der Waals surface area contributed by atoms with Crippen molar-refractivity contribution in [1.29, 1.82) is 0 Å². The van der Waals surface area contributed by atoms with Crippen LogP contribution in [-0.4, -0.2) is 51.1 Å². The molecule has 2 heterocycles. The Morgan fingerprint density at radius 2 is 1.96 bits per heavy atom. The van der Waals surface area contributed by atoms with Gasteiger partial charge in [-0.15, -0.1) is 0 Å². The molecule has 2 rings (SSSR count). The summed E-state index contributed by atoms with van der Waals surface area (Å²) in [5.41, 5.74) is -1.30. The standard InChI is InChI=1S/C13H23BO9P2/c1-8-4-10(14)11(21-8)6-20-25(17,18)23-13(3)5-9(2)22-12(13)7-19-24(15)16/h8-12H,4-7H2,1-3H3,(H,17,18)/p-1/t8-,9-,10+,11+,12+,13+/m0/s1. The van der Waals surface area contributed by atoms with Crippen LogP contribution in [0.4, 0.5) is 0 Å². The summed E-state index contributed by atoms with van der Waals surface area (Å²) >= 11 is 0. The fraction of sp³-hybridized carbons (Fsp3) is 1.00. The van der Waals surface area contributed by atoms with Crippen LogP contribution < -0.4 is 4.89 Å². The van der Waals surface area contributed by atoms with Crippen LogP contribution in [0.5, 0.6) is 0 Å². The second-order valence-electron chi connectivity index (χ2n) is 6.69. The number of phosphoric acid groups is 1. The van der Waals surface area contributed by atoms with Gasteiger partial charge in [0.15, 0.2) is 0 Å². The minimum atomic E-state index is -4.69. The van der Waals surface area contributed by atoms with Crippen molar-refractivity contribution in [1.82, 2.24) is 0 Å². The van der Waals surface area contributed by atoms with Crippen molar-refractivity contribution in [3.05, 3.63) is 0 Å². The van der Waals surface area contributed by atoms with Crippen molar-refractivity contribution in [2.75, 3.05) is 13.2 Å². The second kappa shape index (κ2) is 8.32. The average molecular weight is 395 g/mol. The molecule has 0 amide bonds. The SMILES string of the molecule is [B][C@@H]1C[C@H](C)O[C@@H]1COP(=O)([O-])O[C@]1(C)C[C@H](C)O[C@@H]1COP(=O)=O. The molecule has 1 unspecified atom stereocenters. The Kier molecular flexibility index (Phi) is 7.07. The normalized spacial score (nSPS) is 40.9. The molecule has 0 bridgehead atoms. The highest BCUT2D eigenvalue weighted by atomic mass is 31.2. The summed E-state index contributed by atoms with van der Waals surface area (Å²) in [6.07, 6.45) is -0.929. The Morgan fingerprint density at radius 3 is 2.52 bits per heavy atom. The molecule has 0 aromatic rings. The number of ether oxygens (including phenoxy) is 2. The van der Waals surface area contributed by atoms with Crippen molar-refractivity contribution in [3.8, 4) is 0 Å². The molecule has 0 N–H and O–H groups in total. The third-order valence-electron chi connectivity index (χ3n) is 4.31. The first-order valence-electron chi connectivity index (χ1n) is 8.01. The van der Waals surface area contributed by atoms with Gasteiger partial charge in [-0.25, -0.2) is 9.13 Å². The Morgan fingerprint density at radius 1 is 1.28 bits per heavy atom. The molecule has 0 aromatic heterocycles. The molecule has 12 heteroatoms. The molecule has 0 aromatic carbocycles. The van der Waals surface area contributed by atoms with E-state index in [1.807, 2.05) is 6.92 Å². The lowest BCUT2D eigenvalue weighted by Gasteiger charge is -2.36. The van der Waals surface area contributed by atoms with E-state index in [1.54, 1.807) is 6.92 Å². The van der Waals surface area contributed by atoms with Gasteiger partial charge in [-0.05, 0) is 33.0 Å². The molecular weight excluding hydrogens is 373 g/mol. The van der Waals surface area contributed by atoms with E-state index in [2.05, 4.69) is 4.52 Å². The Bertz CT molecular complexity index is 578. The van der Waals surface area contributed by atoms with Gasteiger partial charge in [0, 0.05) is 6.42 Å². The van der Waals surface area contributed by atoms with Gasteiger partial charge in [0.05, 0.1) is 39.4 Å². The fourth-order valence-electron chi connectivity index (χ4n) is 3.21. The summed E-state index contributed by atoms with van der Waals surface area (Å²) < 4.78 is 59.0. The molecule has 0 spiro atoms. The van der Waals surface area contributed by atoms with Crippen LogP contribution in [0.1, 0.15) is 33.6 Å². The van der Waals surface area contributed by atoms with Gasteiger partial charge in [-0.1, -0.05) is 0 Å². The molecule has 25 heavy (non-hydrogen) atoms. The summed E-state index contributed by atoms with van der Waals surface area (Å²) in [6.45, 7) is 4.50. The first kappa shape index (κ1) is 21.3. The molecule has 2 radical (unpaired) electrons. The number of rotatable bonds is 8. The maximum Gasteiger partial charge on any atom is 0.468 e. The monoisotopic (exact) mass is 395 g/mol. The topological polar surface area (TPSA) is 120 Å². The van der Waals surface area contributed by atoms with Gasteiger partial charge in [0.25, 0.3) is 7.82 Å². The minimum Gasteiger partial charge on any atom is -0.756 e. The van der Waals surface area contributed by atoms with Gasteiger partial charge in [-0.2, -0.15) is 0 Å². The van der Waals surface area contributed by atoms with Gasteiger partial charge >= 0.3 is 7.91 Å². The van der Waals surface area contributed by atoms with Crippen LogP contribution in [-0.2, 0) is 36.7 Å². The van der Waals surface area contributed by atoms with Crippen LogP contribution in [0.2, 0.25) is 5.82 Å². The quantitative estimate of drug-likeness (QED) is 0.446. The number of hydrogen-bond acceptors (Lipinski definition) is 9. The molecule has 0 aliphatic carbocycles. The maximum absolute atomic E-state index is 12.2. The summed E-state index contributed by atoms with van der Waals surface area (Å²) in [7, 11) is -1.90. The molecular formula is C13H22BO9P2-. The molecule has 2 aliphatic rings. The Hall–Kier alpha value is -0.0451. The highest BCUT2D eigenvalue weighted by Crippen LogP contribution is 2.49. The summed E-state index contributed by atoms with van der Waals surface area (Å²) in [5, 5.41) is 0. The van der Waals surface area contributed by atoms with E-state index in [9.17, 15) is 18.6 Å².